The molecule has 0 N–H and O–H groups in total. The van der Waals surface area contributed by atoms with Gasteiger partial charge in [0.05, 0.1) is 11.9 Å². The van der Waals surface area contributed by atoms with E-state index in [9.17, 15) is 9.59 Å². The number of fused-ring (bicyclic) bond motifs is 1. The summed E-state index contributed by atoms with van der Waals surface area (Å²) in [6.07, 6.45) is 0.651. The van der Waals surface area contributed by atoms with Gasteiger partial charge in [-0.25, -0.2) is 0 Å². The first kappa shape index (κ1) is 18.9. The predicted octanol–water partition coefficient (Wildman–Crippen LogP) is 4.37. The van der Waals surface area contributed by atoms with Crippen molar-refractivity contribution in [3.05, 3.63) is 115 Å². The maximum atomic E-state index is 13.0. The van der Waals surface area contributed by atoms with Crippen molar-refractivity contribution in [1.82, 2.24) is 4.57 Å². The first-order valence-electron chi connectivity index (χ1n) is 9.36. The van der Waals surface area contributed by atoms with Crippen LogP contribution in [0.1, 0.15) is 22.3 Å². The van der Waals surface area contributed by atoms with Crippen LogP contribution in [0.5, 0.6) is 0 Å². The minimum Gasteiger partial charge on any atom is -0.269 e. The van der Waals surface area contributed by atoms with Gasteiger partial charge in [-0.05, 0) is 36.2 Å². The highest BCUT2D eigenvalue weighted by Crippen LogP contribution is 2.15. The van der Waals surface area contributed by atoms with Gasteiger partial charge >= 0.3 is 4.87 Å². The average Bonchev–Trinajstić information content (AvgIpc) is 2.74. The van der Waals surface area contributed by atoms with Gasteiger partial charge in [0.15, 0.2) is 0 Å². The summed E-state index contributed by atoms with van der Waals surface area (Å²) in [6, 6.07) is 23.4. The summed E-state index contributed by atoms with van der Waals surface area (Å²) in [7, 11) is 0. The minimum atomic E-state index is -0.268. The Hall–Kier alpha value is -3.42. The smallest absolute Gasteiger partial charge is 0.269 e. The summed E-state index contributed by atoms with van der Waals surface area (Å²) in [5, 5.41) is 0.535. The van der Waals surface area contributed by atoms with Crippen LogP contribution in [0.4, 0.5) is 0 Å². The number of benzene rings is 3. The number of aryl methyl sites for hydroxylation is 1. The molecular formula is C25H19NO2S. The molecule has 0 atom stereocenters. The molecule has 3 aromatic carbocycles. The van der Waals surface area contributed by atoms with Gasteiger partial charge in [-0.1, -0.05) is 83.3 Å². The Bertz CT molecular complexity index is 1340. The molecule has 4 rings (SSSR count). The minimum absolute atomic E-state index is 0.244. The molecule has 29 heavy (non-hydrogen) atoms. The summed E-state index contributed by atoms with van der Waals surface area (Å²) in [5.41, 5.74) is 3.73. The van der Waals surface area contributed by atoms with Gasteiger partial charge in [-0.15, -0.1) is 0 Å². The number of rotatable bonds is 3. The molecular weight excluding hydrogens is 378 g/mol. The molecule has 1 heterocycles. The second kappa shape index (κ2) is 8.30. The maximum absolute atomic E-state index is 13.0. The number of hydrogen-bond acceptors (Lipinski definition) is 3. The van der Waals surface area contributed by atoms with Crippen molar-refractivity contribution in [2.24, 2.45) is 0 Å². The third kappa shape index (κ3) is 4.37. The lowest BCUT2D eigenvalue weighted by atomic mass is 10.1. The van der Waals surface area contributed by atoms with Gasteiger partial charge in [0.1, 0.15) is 0 Å². The van der Waals surface area contributed by atoms with Crippen molar-refractivity contribution in [2.75, 3.05) is 0 Å². The van der Waals surface area contributed by atoms with Crippen molar-refractivity contribution in [1.29, 1.82) is 0 Å². The van der Waals surface area contributed by atoms with Crippen molar-refractivity contribution in [3.63, 3.8) is 0 Å². The first-order valence-corrected chi connectivity index (χ1v) is 10.2. The quantitative estimate of drug-likeness (QED) is 0.482. The molecule has 0 radical (unpaired) electrons. The third-order valence-electron chi connectivity index (χ3n) is 4.70. The van der Waals surface area contributed by atoms with Gasteiger partial charge in [0.25, 0.3) is 5.56 Å². The number of hydrogen-bond donors (Lipinski definition) is 0. The van der Waals surface area contributed by atoms with Gasteiger partial charge in [0.2, 0.25) is 0 Å². The Morgan fingerprint density at radius 1 is 0.897 bits per heavy atom. The van der Waals surface area contributed by atoms with E-state index in [1.165, 1.54) is 4.57 Å². The van der Waals surface area contributed by atoms with E-state index < -0.39 is 0 Å². The largest absolute Gasteiger partial charge is 0.310 e. The molecule has 0 saturated carbocycles. The van der Waals surface area contributed by atoms with Crippen molar-refractivity contribution >= 4 is 21.4 Å². The summed E-state index contributed by atoms with van der Waals surface area (Å²) < 4.78 is 1.99. The monoisotopic (exact) mass is 397 g/mol. The third-order valence-corrected chi connectivity index (χ3v) is 5.67. The van der Waals surface area contributed by atoms with Gasteiger partial charge < -0.3 is 0 Å². The molecule has 0 bridgehead atoms. The topological polar surface area (TPSA) is 39.1 Å². The van der Waals surface area contributed by atoms with E-state index in [0.717, 1.165) is 33.6 Å². The second-order valence-corrected chi connectivity index (χ2v) is 7.91. The first-order chi connectivity index (χ1) is 14.1. The Labute approximate surface area is 172 Å². The van der Waals surface area contributed by atoms with E-state index in [4.69, 9.17) is 0 Å². The zero-order valence-corrected chi connectivity index (χ0v) is 16.8. The molecule has 0 aliphatic carbocycles. The summed E-state index contributed by atoms with van der Waals surface area (Å²) in [4.78, 5) is 25.2. The highest BCUT2D eigenvalue weighted by molar-refractivity contribution is 7.16. The Morgan fingerprint density at radius 3 is 2.41 bits per heavy atom. The zero-order chi connectivity index (χ0) is 20.2. The van der Waals surface area contributed by atoms with Gasteiger partial charge in [-0.3, -0.25) is 14.2 Å². The molecule has 0 spiro atoms. The van der Waals surface area contributed by atoms with Crippen LogP contribution in [0, 0.1) is 18.8 Å². The Balaban J connectivity index is 1.68. The molecule has 3 nitrogen and oxygen atoms in total. The molecule has 4 aromatic rings. The lowest BCUT2D eigenvalue weighted by molar-refractivity contribution is 0.752. The molecule has 0 amide bonds. The highest BCUT2D eigenvalue weighted by Gasteiger charge is 2.09. The van der Waals surface area contributed by atoms with E-state index >= 15 is 0 Å². The van der Waals surface area contributed by atoms with Crippen LogP contribution in [0.3, 0.4) is 0 Å². The van der Waals surface area contributed by atoms with Crippen molar-refractivity contribution in [3.8, 4) is 11.8 Å². The number of aromatic nitrogens is 1. The molecule has 142 valence electrons. The predicted molar refractivity (Wildman–Crippen MR) is 120 cm³/mol. The van der Waals surface area contributed by atoms with Crippen LogP contribution in [0.15, 0.2) is 82.4 Å². The molecule has 4 heteroatoms. The summed E-state index contributed by atoms with van der Waals surface area (Å²) >= 11 is 1.09. The Morgan fingerprint density at radius 2 is 1.66 bits per heavy atom. The zero-order valence-electron chi connectivity index (χ0n) is 16.0. The maximum Gasteiger partial charge on any atom is 0.310 e. The van der Waals surface area contributed by atoms with Crippen LogP contribution < -0.4 is 10.4 Å². The van der Waals surface area contributed by atoms with Crippen LogP contribution in [-0.4, -0.2) is 4.57 Å². The molecule has 1 aromatic heterocycles. The summed E-state index contributed by atoms with van der Waals surface area (Å²) in [6.45, 7) is 2.28. The average molecular weight is 397 g/mol. The van der Waals surface area contributed by atoms with E-state index in [1.807, 2.05) is 73.7 Å². The lowest BCUT2D eigenvalue weighted by Crippen LogP contribution is -2.31. The van der Waals surface area contributed by atoms with E-state index in [0.29, 0.717) is 16.5 Å². The molecule has 0 aliphatic heterocycles. The van der Waals surface area contributed by atoms with Crippen LogP contribution >= 0.6 is 11.3 Å². The Kier molecular flexibility index (Phi) is 5.41. The van der Waals surface area contributed by atoms with Crippen molar-refractivity contribution in [2.45, 2.75) is 19.9 Å². The van der Waals surface area contributed by atoms with Crippen molar-refractivity contribution < 1.29 is 0 Å². The fraction of sp³-hybridized carbons (Fsp3) is 0.120. The molecule has 0 aliphatic rings. The standard InChI is InChI=1S/C25H19NO2S/c1-18-10-12-21(13-11-18)17-26-24(27)22-16-20(14-15-23(22)29-25(26)28)9-5-8-19-6-3-2-4-7-19/h2-4,6-7,10-16H,8,17H2,1H3. The highest BCUT2D eigenvalue weighted by atomic mass is 32.1. The van der Waals surface area contributed by atoms with Crippen LogP contribution in [0.2, 0.25) is 0 Å². The fourth-order valence-corrected chi connectivity index (χ4v) is 3.94. The van der Waals surface area contributed by atoms with Crippen LogP contribution in [0.25, 0.3) is 10.1 Å². The van der Waals surface area contributed by atoms with E-state index in [2.05, 4.69) is 11.8 Å². The number of nitrogens with zero attached hydrogens (tertiary/aromatic N) is 1. The van der Waals surface area contributed by atoms with Gasteiger partial charge in [0, 0.05) is 16.7 Å². The molecule has 0 unspecified atom stereocenters. The molecule has 0 fully saturated rings. The second-order valence-electron chi connectivity index (χ2n) is 6.92. The SMILES string of the molecule is Cc1ccc(Cn2c(=O)sc3ccc(C#CCc4ccccc4)cc3c2=O)cc1. The van der Waals surface area contributed by atoms with Crippen LogP contribution in [-0.2, 0) is 13.0 Å². The van der Waals surface area contributed by atoms with E-state index in [-0.39, 0.29) is 17.0 Å². The molecule has 0 saturated heterocycles. The fourth-order valence-electron chi connectivity index (χ4n) is 3.10. The normalized spacial score (nSPS) is 10.5. The van der Waals surface area contributed by atoms with E-state index in [1.54, 1.807) is 6.07 Å². The lowest BCUT2D eigenvalue weighted by Gasteiger charge is -2.06. The summed E-state index contributed by atoms with van der Waals surface area (Å²) in [5.74, 6) is 6.29. The van der Waals surface area contributed by atoms with Gasteiger partial charge in [-0.2, -0.15) is 0 Å².